The lowest BCUT2D eigenvalue weighted by atomic mass is 10.0. The van der Waals surface area contributed by atoms with Crippen molar-refractivity contribution in [3.05, 3.63) is 23.6 Å². The molecule has 2 rings (SSSR count). The molecule has 0 spiro atoms. The van der Waals surface area contributed by atoms with Crippen molar-refractivity contribution < 1.29 is 4.39 Å². The van der Waals surface area contributed by atoms with E-state index in [1.54, 1.807) is 6.07 Å². The van der Waals surface area contributed by atoms with Gasteiger partial charge in [-0.3, -0.25) is 0 Å². The Labute approximate surface area is 127 Å². The smallest absolute Gasteiger partial charge is 0.141 e. The van der Waals surface area contributed by atoms with Gasteiger partial charge in [0.05, 0.1) is 6.20 Å². The first-order chi connectivity index (χ1) is 10.1. The Morgan fingerprint density at radius 2 is 2.14 bits per heavy atom. The number of piperidine rings is 1. The van der Waals surface area contributed by atoms with Crippen molar-refractivity contribution in [2.45, 2.75) is 38.8 Å². The number of pyridine rings is 1. The molecule has 0 radical (unpaired) electrons. The number of nitrogens with one attached hydrogen (secondary N) is 1. The molecule has 0 aliphatic carbocycles. The van der Waals surface area contributed by atoms with Gasteiger partial charge in [-0.15, -0.1) is 0 Å². The third-order valence-electron chi connectivity index (χ3n) is 4.22. The molecule has 0 aromatic carbocycles. The van der Waals surface area contributed by atoms with E-state index in [0.29, 0.717) is 12.6 Å². The molecule has 1 aliphatic heterocycles. The van der Waals surface area contributed by atoms with E-state index < -0.39 is 0 Å². The van der Waals surface area contributed by atoms with Crippen LogP contribution in [0.25, 0.3) is 0 Å². The molecule has 1 aromatic heterocycles. The molecule has 2 heterocycles. The normalized spacial score (nSPS) is 17.1. The van der Waals surface area contributed by atoms with Gasteiger partial charge in [0.2, 0.25) is 0 Å². The number of halogens is 1. The average Bonchev–Trinajstić information content (AvgIpc) is 2.48. The summed E-state index contributed by atoms with van der Waals surface area (Å²) in [6, 6.07) is 2.10. The van der Waals surface area contributed by atoms with Gasteiger partial charge in [0.25, 0.3) is 0 Å². The first kappa shape index (κ1) is 16.2. The molecule has 118 valence electrons. The molecule has 0 amide bonds. The molecule has 5 heteroatoms. The topological polar surface area (TPSA) is 31.4 Å². The second-order valence-electron chi connectivity index (χ2n) is 5.96. The SMILES string of the molecule is CCCNCc1cc(F)cnc1N(C)C1CCN(C)CC1. The molecule has 0 unspecified atom stereocenters. The van der Waals surface area contributed by atoms with Crippen LogP contribution in [0, 0.1) is 5.82 Å². The fourth-order valence-electron chi connectivity index (χ4n) is 2.88. The average molecular weight is 294 g/mol. The van der Waals surface area contributed by atoms with Crippen LogP contribution in [0.3, 0.4) is 0 Å². The van der Waals surface area contributed by atoms with Crippen molar-refractivity contribution in [3.63, 3.8) is 0 Å². The zero-order valence-electron chi connectivity index (χ0n) is 13.4. The third kappa shape index (κ3) is 4.38. The summed E-state index contributed by atoms with van der Waals surface area (Å²) in [6.45, 7) is 5.96. The zero-order chi connectivity index (χ0) is 15.2. The molecular weight excluding hydrogens is 267 g/mol. The molecule has 1 saturated heterocycles. The number of aromatic nitrogens is 1. The summed E-state index contributed by atoms with van der Waals surface area (Å²) in [4.78, 5) is 8.93. The van der Waals surface area contributed by atoms with Crippen molar-refractivity contribution in [1.82, 2.24) is 15.2 Å². The van der Waals surface area contributed by atoms with Gasteiger partial charge in [0, 0.05) is 25.2 Å². The van der Waals surface area contributed by atoms with E-state index in [-0.39, 0.29) is 5.82 Å². The quantitative estimate of drug-likeness (QED) is 0.816. The van der Waals surface area contributed by atoms with Crippen molar-refractivity contribution in [3.8, 4) is 0 Å². The van der Waals surface area contributed by atoms with Crippen LogP contribution in [0.4, 0.5) is 10.2 Å². The Morgan fingerprint density at radius 3 is 2.81 bits per heavy atom. The van der Waals surface area contributed by atoms with Crippen LogP contribution in [0.2, 0.25) is 0 Å². The fraction of sp³-hybridized carbons (Fsp3) is 0.688. The first-order valence-corrected chi connectivity index (χ1v) is 7.88. The summed E-state index contributed by atoms with van der Waals surface area (Å²) >= 11 is 0. The van der Waals surface area contributed by atoms with E-state index in [9.17, 15) is 4.39 Å². The van der Waals surface area contributed by atoms with E-state index in [4.69, 9.17) is 0 Å². The lowest BCUT2D eigenvalue weighted by Crippen LogP contribution is -2.42. The Bertz CT molecular complexity index is 444. The maximum atomic E-state index is 13.5. The van der Waals surface area contributed by atoms with E-state index in [1.807, 2.05) is 0 Å². The number of rotatable bonds is 6. The maximum Gasteiger partial charge on any atom is 0.141 e. The van der Waals surface area contributed by atoms with Crippen LogP contribution in [-0.4, -0.2) is 49.7 Å². The number of likely N-dealkylation sites (tertiary alicyclic amines) is 1. The molecule has 1 aliphatic rings. The zero-order valence-corrected chi connectivity index (χ0v) is 13.4. The van der Waals surface area contributed by atoms with Gasteiger partial charge in [-0.25, -0.2) is 9.37 Å². The summed E-state index contributed by atoms with van der Waals surface area (Å²) in [5.74, 6) is 0.651. The van der Waals surface area contributed by atoms with E-state index in [0.717, 1.165) is 50.3 Å². The minimum atomic E-state index is -0.260. The number of hydrogen-bond donors (Lipinski definition) is 1. The van der Waals surface area contributed by atoms with E-state index in [2.05, 4.69) is 41.1 Å². The largest absolute Gasteiger partial charge is 0.356 e. The van der Waals surface area contributed by atoms with Gasteiger partial charge >= 0.3 is 0 Å². The summed E-state index contributed by atoms with van der Waals surface area (Å²) in [7, 11) is 4.24. The highest BCUT2D eigenvalue weighted by Gasteiger charge is 2.23. The predicted molar refractivity (Wildman–Crippen MR) is 85.1 cm³/mol. The molecule has 1 fully saturated rings. The molecule has 4 nitrogen and oxygen atoms in total. The summed E-state index contributed by atoms with van der Waals surface area (Å²) in [5.41, 5.74) is 0.949. The predicted octanol–water partition coefficient (Wildman–Crippen LogP) is 2.25. The highest BCUT2D eigenvalue weighted by Crippen LogP contribution is 2.23. The summed E-state index contributed by atoms with van der Waals surface area (Å²) < 4.78 is 13.5. The van der Waals surface area contributed by atoms with Crippen LogP contribution in [0.5, 0.6) is 0 Å². The lowest BCUT2D eigenvalue weighted by molar-refractivity contribution is 0.252. The fourth-order valence-corrected chi connectivity index (χ4v) is 2.88. The summed E-state index contributed by atoms with van der Waals surface area (Å²) in [5, 5.41) is 3.34. The molecule has 0 saturated carbocycles. The first-order valence-electron chi connectivity index (χ1n) is 7.88. The molecule has 21 heavy (non-hydrogen) atoms. The van der Waals surface area contributed by atoms with Gasteiger partial charge in [0.1, 0.15) is 11.6 Å². The van der Waals surface area contributed by atoms with Crippen molar-refractivity contribution in [1.29, 1.82) is 0 Å². The highest BCUT2D eigenvalue weighted by molar-refractivity contribution is 5.47. The maximum absolute atomic E-state index is 13.5. The molecular formula is C16H27FN4. The Kier molecular flexibility index (Phi) is 5.94. The number of hydrogen-bond acceptors (Lipinski definition) is 4. The number of anilines is 1. The Hall–Kier alpha value is -1.20. The molecule has 1 aromatic rings. The van der Waals surface area contributed by atoms with Crippen LogP contribution < -0.4 is 10.2 Å². The Balaban J connectivity index is 2.09. The van der Waals surface area contributed by atoms with Gasteiger partial charge in [-0.05, 0) is 52.0 Å². The Morgan fingerprint density at radius 1 is 1.43 bits per heavy atom. The molecule has 1 N–H and O–H groups in total. The van der Waals surface area contributed by atoms with Gasteiger partial charge in [0.15, 0.2) is 0 Å². The van der Waals surface area contributed by atoms with Crippen LogP contribution in [-0.2, 0) is 6.54 Å². The van der Waals surface area contributed by atoms with E-state index >= 15 is 0 Å². The second kappa shape index (κ2) is 7.71. The number of nitrogens with zero attached hydrogens (tertiary/aromatic N) is 3. The highest BCUT2D eigenvalue weighted by atomic mass is 19.1. The minimum absolute atomic E-state index is 0.260. The van der Waals surface area contributed by atoms with Crippen molar-refractivity contribution in [2.75, 3.05) is 38.6 Å². The van der Waals surface area contributed by atoms with Crippen molar-refractivity contribution >= 4 is 5.82 Å². The monoisotopic (exact) mass is 294 g/mol. The van der Waals surface area contributed by atoms with Crippen molar-refractivity contribution in [2.24, 2.45) is 0 Å². The van der Waals surface area contributed by atoms with Crippen LogP contribution in [0.1, 0.15) is 31.7 Å². The van der Waals surface area contributed by atoms with Crippen LogP contribution in [0.15, 0.2) is 12.3 Å². The lowest BCUT2D eigenvalue weighted by Gasteiger charge is -2.36. The van der Waals surface area contributed by atoms with Gasteiger partial charge in [-0.1, -0.05) is 6.92 Å². The second-order valence-corrected chi connectivity index (χ2v) is 5.96. The molecule has 0 atom stereocenters. The van der Waals surface area contributed by atoms with Gasteiger partial charge in [-0.2, -0.15) is 0 Å². The molecule has 0 bridgehead atoms. The standard InChI is InChI=1S/C16H27FN4/c1-4-7-18-11-13-10-14(17)12-19-16(13)21(3)15-5-8-20(2)9-6-15/h10,12,15,18H,4-9,11H2,1-3H3. The third-order valence-corrected chi connectivity index (χ3v) is 4.22. The van der Waals surface area contributed by atoms with Gasteiger partial charge < -0.3 is 15.1 Å². The van der Waals surface area contributed by atoms with Crippen LogP contribution >= 0.6 is 0 Å². The minimum Gasteiger partial charge on any atom is -0.356 e. The summed E-state index contributed by atoms with van der Waals surface area (Å²) in [6.07, 6.45) is 4.66. The van der Waals surface area contributed by atoms with E-state index in [1.165, 1.54) is 6.20 Å².